The number of aromatic hydroxyl groups is 1. The Labute approximate surface area is 133 Å². The van der Waals surface area contributed by atoms with Crippen molar-refractivity contribution in [3.8, 4) is 22.6 Å². The summed E-state index contributed by atoms with van der Waals surface area (Å²) in [4.78, 5) is 12.0. The van der Waals surface area contributed by atoms with Crippen LogP contribution >= 0.6 is 0 Å². The van der Waals surface area contributed by atoms with Gasteiger partial charge in [0.2, 0.25) is 0 Å². The molecule has 2 aromatic carbocycles. The molecule has 0 saturated carbocycles. The van der Waals surface area contributed by atoms with E-state index >= 15 is 0 Å². The predicted octanol–water partition coefficient (Wildman–Crippen LogP) is 3.16. The maximum Gasteiger partial charge on any atom is 0.188 e. The third-order valence-corrected chi connectivity index (χ3v) is 3.72. The normalized spacial score (nSPS) is 13.1. The number of ether oxygens (including phenoxy) is 1. The highest BCUT2D eigenvalue weighted by Crippen LogP contribution is 2.39. The highest BCUT2D eigenvalue weighted by Gasteiger charge is 2.25. The Kier molecular flexibility index (Phi) is 3.62. The van der Waals surface area contributed by atoms with E-state index in [1.54, 1.807) is 30.3 Å². The number of anilines is 1. The summed E-state index contributed by atoms with van der Waals surface area (Å²) in [6.07, 6.45) is 2.66. The second kappa shape index (κ2) is 5.61. The van der Waals surface area contributed by atoms with Crippen LogP contribution in [0.5, 0.6) is 11.5 Å². The van der Waals surface area contributed by atoms with Crippen molar-refractivity contribution in [3.05, 3.63) is 53.6 Å². The first-order valence-corrected chi connectivity index (χ1v) is 7.23. The van der Waals surface area contributed by atoms with Crippen LogP contribution in [-0.2, 0) is 0 Å². The van der Waals surface area contributed by atoms with Crippen molar-refractivity contribution in [1.29, 1.82) is 5.41 Å². The van der Waals surface area contributed by atoms with E-state index in [1.807, 2.05) is 6.92 Å². The van der Waals surface area contributed by atoms with E-state index in [0.29, 0.717) is 12.2 Å². The van der Waals surface area contributed by atoms with Gasteiger partial charge in [0.1, 0.15) is 11.5 Å². The maximum atomic E-state index is 12.0. The lowest BCUT2D eigenvalue weighted by molar-refractivity contribution is 0.104. The van der Waals surface area contributed by atoms with Gasteiger partial charge >= 0.3 is 0 Å². The van der Waals surface area contributed by atoms with E-state index in [-0.39, 0.29) is 34.1 Å². The van der Waals surface area contributed by atoms with Gasteiger partial charge in [0.05, 0.1) is 23.4 Å². The fourth-order valence-electron chi connectivity index (χ4n) is 2.66. The van der Waals surface area contributed by atoms with E-state index < -0.39 is 0 Å². The van der Waals surface area contributed by atoms with Crippen LogP contribution in [0.3, 0.4) is 0 Å². The number of carbonyl (C=O) groups is 1. The summed E-state index contributed by atoms with van der Waals surface area (Å²) in [5.74, 6) is 0.315. The van der Waals surface area contributed by atoms with Crippen LogP contribution in [-0.4, -0.2) is 23.2 Å². The third-order valence-electron chi connectivity index (χ3n) is 3.72. The number of benzene rings is 2. The first-order chi connectivity index (χ1) is 11.0. The number of rotatable bonds is 3. The lowest BCUT2D eigenvalue weighted by Crippen LogP contribution is -2.15. The van der Waals surface area contributed by atoms with Crippen LogP contribution in [0.2, 0.25) is 0 Å². The van der Waals surface area contributed by atoms with Gasteiger partial charge in [0, 0.05) is 11.3 Å². The molecule has 0 unspecified atom stereocenters. The Hall–Kier alpha value is -3.08. The van der Waals surface area contributed by atoms with Gasteiger partial charge < -0.3 is 21.0 Å². The molecule has 0 bridgehead atoms. The number of ketones is 1. The standard InChI is InChI=1S/C18H16N2O3/c1-2-23-11-5-3-10(4-6-11)12-9-14(20)16-15(21)8-7-13(19)17(16)18(12)22/h3-9,19,22H,2,20H2,1H3. The van der Waals surface area contributed by atoms with Gasteiger partial charge in [-0.1, -0.05) is 12.1 Å². The van der Waals surface area contributed by atoms with Gasteiger partial charge in [0.15, 0.2) is 5.78 Å². The molecule has 1 aliphatic carbocycles. The van der Waals surface area contributed by atoms with Crippen LogP contribution in [0, 0.1) is 5.41 Å². The molecular weight excluding hydrogens is 292 g/mol. The molecule has 0 aromatic heterocycles. The fraction of sp³-hybridized carbons (Fsp3) is 0.111. The van der Waals surface area contributed by atoms with Crippen molar-refractivity contribution in [2.75, 3.05) is 12.3 Å². The summed E-state index contributed by atoms with van der Waals surface area (Å²) in [6, 6.07) is 8.76. The Bertz CT molecular complexity index is 836. The highest BCUT2D eigenvalue weighted by atomic mass is 16.5. The average Bonchev–Trinajstić information content (AvgIpc) is 2.54. The minimum absolute atomic E-state index is 0.0663. The van der Waals surface area contributed by atoms with Gasteiger partial charge in [-0.3, -0.25) is 4.79 Å². The molecule has 0 aliphatic heterocycles. The van der Waals surface area contributed by atoms with Crippen molar-refractivity contribution in [3.63, 3.8) is 0 Å². The molecule has 116 valence electrons. The molecule has 0 heterocycles. The van der Waals surface area contributed by atoms with E-state index in [2.05, 4.69) is 0 Å². The van der Waals surface area contributed by atoms with E-state index in [4.69, 9.17) is 15.9 Å². The topological polar surface area (TPSA) is 96.4 Å². The number of allylic oxidation sites excluding steroid dienone is 2. The first-order valence-electron chi connectivity index (χ1n) is 7.23. The predicted molar refractivity (Wildman–Crippen MR) is 89.4 cm³/mol. The summed E-state index contributed by atoms with van der Waals surface area (Å²) in [5.41, 5.74) is 7.89. The molecule has 0 saturated heterocycles. The molecule has 1 aliphatic rings. The summed E-state index contributed by atoms with van der Waals surface area (Å²) >= 11 is 0. The third kappa shape index (κ3) is 2.46. The van der Waals surface area contributed by atoms with E-state index in [0.717, 1.165) is 11.3 Å². The first kappa shape index (κ1) is 14.8. The zero-order valence-electron chi connectivity index (χ0n) is 12.6. The Balaban J connectivity index is 2.15. The zero-order chi connectivity index (χ0) is 16.6. The molecule has 3 rings (SSSR count). The molecule has 0 atom stereocenters. The number of phenolic OH excluding ortho intramolecular Hbond substituents is 1. The smallest absolute Gasteiger partial charge is 0.188 e. The van der Waals surface area contributed by atoms with Gasteiger partial charge in [-0.05, 0) is 42.8 Å². The average molecular weight is 308 g/mol. The Morgan fingerprint density at radius 3 is 2.52 bits per heavy atom. The fourth-order valence-corrected chi connectivity index (χ4v) is 2.66. The van der Waals surface area contributed by atoms with Crippen molar-refractivity contribution >= 4 is 17.2 Å². The molecule has 0 radical (unpaired) electrons. The number of carbonyl (C=O) groups excluding carboxylic acids is 1. The molecule has 0 amide bonds. The minimum Gasteiger partial charge on any atom is -0.507 e. The van der Waals surface area contributed by atoms with Gasteiger partial charge in [0.25, 0.3) is 0 Å². The number of hydrogen-bond acceptors (Lipinski definition) is 5. The molecule has 23 heavy (non-hydrogen) atoms. The van der Waals surface area contributed by atoms with Gasteiger partial charge in [-0.2, -0.15) is 0 Å². The number of nitrogens with two attached hydrogens (primary N) is 1. The molecular formula is C18H16N2O3. The van der Waals surface area contributed by atoms with Crippen LogP contribution in [0.25, 0.3) is 11.1 Å². The van der Waals surface area contributed by atoms with Gasteiger partial charge in [-0.15, -0.1) is 0 Å². The van der Waals surface area contributed by atoms with E-state index in [9.17, 15) is 9.90 Å². The Morgan fingerprint density at radius 2 is 1.87 bits per heavy atom. The molecule has 0 spiro atoms. The van der Waals surface area contributed by atoms with Crippen molar-refractivity contribution < 1.29 is 14.6 Å². The molecule has 4 N–H and O–H groups in total. The molecule has 2 aromatic rings. The monoisotopic (exact) mass is 308 g/mol. The number of fused-ring (bicyclic) bond motifs is 1. The lowest BCUT2D eigenvalue weighted by atomic mass is 9.88. The second-order valence-corrected chi connectivity index (χ2v) is 5.18. The van der Waals surface area contributed by atoms with Crippen LogP contribution in [0.1, 0.15) is 22.8 Å². The second-order valence-electron chi connectivity index (χ2n) is 5.18. The number of hydrogen-bond donors (Lipinski definition) is 3. The minimum atomic E-state index is -0.304. The summed E-state index contributed by atoms with van der Waals surface area (Å²) < 4.78 is 5.40. The number of nitrogen functional groups attached to an aromatic ring is 1. The van der Waals surface area contributed by atoms with Crippen molar-refractivity contribution in [2.24, 2.45) is 0 Å². The number of phenols is 1. The SMILES string of the molecule is CCOc1ccc(-c2cc(N)c3c(c2O)C(=N)C=CC3=O)cc1. The maximum absolute atomic E-state index is 12.0. The van der Waals surface area contributed by atoms with Crippen molar-refractivity contribution in [2.45, 2.75) is 6.92 Å². The van der Waals surface area contributed by atoms with Crippen LogP contribution in [0.4, 0.5) is 5.69 Å². The quantitative estimate of drug-likeness (QED) is 0.599. The van der Waals surface area contributed by atoms with Gasteiger partial charge in [-0.25, -0.2) is 0 Å². The molecule has 5 nitrogen and oxygen atoms in total. The van der Waals surface area contributed by atoms with Crippen LogP contribution in [0.15, 0.2) is 42.5 Å². The molecule has 0 fully saturated rings. The summed E-state index contributed by atoms with van der Waals surface area (Å²) in [6.45, 7) is 2.47. The lowest BCUT2D eigenvalue weighted by Gasteiger charge is -2.18. The van der Waals surface area contributed by atoms with Crippen molar-refractivity contribution in [1.82, 2.24) is 0 Å². The largest absolute Gasteiger partial charge is 0.507 e. The highest BCUT2D eigenvalue weighted by molar-refractivity contribution is 6.26. The molecule has 5 heteroatoms. The van der Waals surface area contributed by atoms with Crippen LogP contribution < -0.4 is 10.5 Å². The summed E-state index contributed by atoms with van der Waals surface area (Å²) in [5, 5.41) is 18.5. The summed E-state index contributed by atoms with van der Waals surface area (Å²) in [7, 11) is 0. The zero-order valence-corrected chi connectivity index (χ0v) is 12.6. The van der Waals surface area contributed by atoms with E-state index in [1.165, 1.54) is 12.2 Å². The Morgan fingerprint density at radius 1 is 1.17 bits per heavy atom. The number of nitrogens with one attached hydrogen (secondary N) is 1.